The van der Waals surface area contributed by atoms with Crippen LogP contribution < -0.4 is 0 Å². The van der Waals surface area contributed by atoms with Gasteiger partial charge in [-0.15, -0.1) is 13.2 Å². The van der Waals surface area contributed by atoms with Crippen molar-refractivity contribution < 1.29 is 114 Å². The van der Waals surface area contributed by atoms with Crippen molar-refractivity contribution in [2.24, 2.45) is 0 Å². The molecule has 0 aromatic heterocycles. The first kappa shape index (κ1) is 53.0. The summed E-state index contributed by atoms with van der Waals surface area (Å²) in [5.41, 5.74) is -5.79. The minimum absolute atomic E-state index is 0.188. The van der Waals surface area contributed by atoms with E-state index < -0.39 is 105 Å². The molecule has 0 spiro atoms. The van der Waals surface area contributed by atoms with E-state index in [-0.39, 0.29) is 13.8 Å². The highest BCUT2D eigenvalue weighted by Gasteiger charge is 2.83. The lowest BCUT2D eigenvalue weighted by Crippen LogP contribution is -2.66. The van der Waals surface area contributed by atoms with Crippen molar-refractivity contribution >= 4 is 0 Å². The normalized spacial score (nSPS) is 17.7. The Hall–Kier alpha value is -1.79. The molecular formula is C22H27F25O. The molecule has 0 N–H and O–H groups in total. The summed E-state index contributed by atoms with van der Waals surface area (Å²) in [6, 6.07) is 0. The monoisotopic (exact) mass is 782 g/mol. The highest BCUT2D eigenvalue weighted by Crippen LogP contribution is 2.56. The number of hydrogen-bond donors (Lipinski definition) is 0. The first-order valence-corrected chi connectivity index (χ1v) is 11.9. The molecule has 48 heavy (non-hydrogen) atoms. The number of rotatable bonds is 9. The van der Waals surface area contributed by atoms with Crippen LogP contribution in [-0.2, 0) is 4.74 Å². The Labute approximate surface area is 255 Å². The van der Waals surface area contributed by atoms with Gasteiger partial charge in [-0.1, -0.05) is 6.92 Å². The fourth-order valence-corrected chi connectivity index (χ4v) is 1.59. The average Bonchev–Trinajstić information content (AvgIpc) is 2.74. The van der Waals surface area contributed by atoms with Gasteiger partial charge in [-0.25, -0.2) is 35.5 Å². The molecule has 0 heterocycles. The molecule has 0 saturated heterocycles. The number of halogens is 25. The quantitative estimate of drug-likeness (QED) is 0.212. The Morgan fingerprint density at radius 2 is 0.646 bits per heavy atom. The van der Waals surface area contributed by atoms with Crippen LogP contribution in [0.25, 0.3) is 0 Å². The van der Waals surface area contributed by atoms with E-state index in [1.54, 1.807) is 6.92 Å². The molecule has 0 bridgehead atoms. The molecule has 0 aliphatic carbocycles. The molecule has 1 nitrogen and oxygen atoms in total. The standard InChI is InChI=1S/C7H6F10O.C7H6F10.C4H6F4.C4H9F/c1-3(8,9)5(11,12)6(13,14)4(2,10)18-7(15,16)17;1-3(8,7(15,16)17)5(11,12)6(13,14)4(2,9)10;1-3(5,6)4(2,7)8;1-3-4(2)5/h1-2H3;1-2H3;1-2H3;4H,3H2,1-2H3. The summed E-state index contributed by atoms with van der Waals surface area (Å²) in [6.07, 6.45) is -12.5. The van der Waals surface area contributed by atoms with Gasteiger partial charge < -0.3 is 0 Å². The summed E-state index contributed by atoms with van der Waals surface area (Å²) < 4.78 is 305. The molecule has 3 unspecified atom stereocenters. The van der Waals surface area contributed by atoms with E-state index in [4.69, 9.17) is 0 Å². The van der Waals surface area contributed by atoms with Crippen molar-refractivity contribution in [3.63, 3.8) is 0 Å². The third kappa shape index (κ3) is 13.5. The maximum atomic E-state index is 12.9. The molecule has 0 fully saturated rings. The second kappa shape index (κ2) is 15.6. The molecule has 0 aliphatic rings. The SMILES string of the molecule is CC(F)(F)C(C)(F)F.CC(F)(F)C(F)(F)C(F)(F)C(C)(F)C(F)(F)F.CC(F)(F)C(F)(F)C(F)(F)C(C)(F)OC(F)(F)F.CCC(C)F. The highest BCUT2D eigenvalue weighted by molar-refractivity contribution is 5.07. The lowest BCUT2D eigenvalue weighted by molar-refractivity contribution is -0.455. The van der Waals surface area contributed by atoms with Crippen LogP contribution in [0.2, 0.25) is 0 Å². The fourth-order valence-electron chi connectivity index (χ4n) is 1.59. The Morgan fingerprint density at radius 3 is 0.792 bits per heavy atom. The van der Waals surface area contributed by atoms with E-state index >= 15 is 0 Å². The van der Waals surface area contributed by atoms with Crippen molar-refractivity contribution in [2.75, 3.05) is 0 Å². The van der Waals surface area contributed by atoms with Crippen LogP contribution in [0.4, 0.5) is 110 Å². The zero-order valence-corrected chi connectivity index (χ0v) is 25.1. The Morgan fingerprint density at radius 1 is 0.417 bits per heavy atom. The number of ether oxygens (including phenoxy) is 1. The van der Waals surface area contributed by atoms with E-state index in [2.05, 4.69) is 4.74 Å². The predicted octanol–water partition coefficient (Wildman–Crippen LogP) is 12.4. The lowest BCUT2D eigenvalue weighted by Gasteiger charge is -2.38. The van der Waals surface area contributed by atoms with Crippen LogP contribution in [0.3, 0.4) is 0 Å². The smallest absolute Gasteiger partial charge is 0.248 e. The van der Waals surface area contributed by atoms with Crippen molar-refractivity contribution in [3.8, 4) is 0 Å². The highest BCUT2D eigenvalue weighted by atomic mass is 19.4. The zero-order chi connectivity index (χ0) is 41.0. The van der Waals surface area contributed by atoms with Crippen molar-refractivity contribution in [2.45, 2.75) is 139 Å². The van der Waals surface area contributed by atoms with E-state index in [9.17, 15) is 110 Å². The van der Waals surface area contributed by atoms with Gasteiger partial charge in [0.1, 0.15) is 0 Å². The van der Waals surface area contributed by atoms with Crippen LogP contribution in [0.15, 0.2) is 0 Å². The first-order valence-electron chi connectivity index (χ1n) is 11.9. The first-order chi connectivity index (χ1) is 20.0. The molecule has 0 aromatic rings. The summed E-state index contributed by atoms with van der Waals surface area (Å²) in [5, 5.41) is 0. The Bertz CT molecular complexity index is 896. The van der Waals surface area contributed by atoms with Gasteiger partial charge in [0.15, 0.2) is 0 Å². The summed E-state index contributed by atoms with van der Waals surface area (Å²) in [4.78, 5) is 0. The van der Waals surface area contributed by atoms with Gasteiger partial charge >= 0.3 is 59.9 Å². The van der Waals surface area contributed by atoms with E-state index in [1.165, 1.54) is 0 Å². The van der Waals surface area contributed by atoms with Crippen LogP contribution in [0.1, 0.15) is 61.8 Å². The van der Waals surface area contributed by atoms with E-state index in [1.807, 2.05) is 6.92 Å². The van der Waals surface area contributed by atoms with E-state index in [0.717, 1.165) is 0 Å². The van der Waals surface area contributed by atoms with Crippen LogP contribution in [0, 0.1) is 0 Å². The maximum absolute atomic E-state index is 12.9. The van der Waals surface area contributed by atoms with E-state index in [0.29, 0.717) is 6.42 Å². The van der Waals surface area contributed by atoms with Crippen LogP contribution >= 0.6 is 0 Å². The molecule has 26 heteroatoms. The molecule has 296 valence electrons. The fraction of sp³-hybridized carbons (Fsp3) is 1.00. The maximum Gasteiger partial charge on any atom is 0.525 e. The third-order valence-electron chi connectivity index (χ3n) is 5.21. The molecule has 0 amide bonds. The number of alkyl halides is 25. The number of hydrogen-bond acceptors (Lipinski definition) is 1. The van der Waals surface area contributed by atoms with Gasteiger partial charge in [0.05, 0.1) is 6.17 Å². The van der Waals surface area contributed by atoms with Crippen LogP contribution in [-0.4, -0.2) is 77.6 Å². The van der Waals surface area contributed by atoms with Crippen molar-refractivity contribution in [1.82, 2.24) is 0 Å². The molecule has 0 aromatic carbocycles. The molecular weight excluding hydrogens is 755 g/mol. The van der Waals surface area contributed by atoms with Gasteiger partial charge in [0.2, 0.25) is 0 Å². The molecule has 0 saturated carbocycles. The van der Waals surface area contributed by atoms with Gasteiger partial charge in [-0.3, -0.25) is 0 Å². The second-order valence-corrected chi connectivity index (χ2v) is 10.0. The van der Waals surface area contributed by atoms with Gasteiger partial charge in [0.25, 0.3) is 11.5 Å². The predicted molar refractivity (Wildman–Crippen MR) is 115 cm³/mol. The summed E-state index contributed by atoms with van der Waals surface area (Å²) in [7, 11) is 0. The lowest BCUT2D eigenvalue weighted by atomic mass is 9.90. The molecule has 0 radical (unpaired) electrons. The van der Waals surface area contributed by atoms with Crippen molar-refractivity contribution in [1.29, 1.82) is 0 Å². The Balaban J connectivity index is -0.000000297. The summed E-state index contributed by atoms with van der Waals surface area (Å²) in [5.74, 6) is -50.0. The van der Waals surface area contributed by atoms with Gasteiger partial charge in [-0.05, 0) is 20.3 Å². The molecule has 0 aliphatic heterocycles. The zero-order valence-electron chi connectivity index (χ0n) is 25.1. The minimum atomic E-state index is -6.61. The topological polar surface area (TPSA) is 9.23 Å². The third-order valence-corrected chi connectivity index (χ3v) is 5.21. The summed E-state index contributed by atoms with van der Waals surface area (Å²) in [6.45, 7) is 0.690. The molecule has 0 rings (SSSR count). The second-order valence-electron chi connectivity index (χ2n) is 10.0. The van der Waals surface area contributed by atoms with Gasteiger partial charge in [0, 0.05) is 34.6 Å². The van der Waals surface area contributed by atoms with Crippen LogP contribution in [0.5, 0.6) is 0 Å². The Kier molecular flexibility index (Phi) is 17.3. The molecule has 3 atom stereocenters. The van der Waals surface area contributed by atoms with Gasteiger partial charge in [-0.2, -0.15) is 65.9 Å². The van der Waals surface area contributed by atoms with Crippen molar-refractivity contribution in [3.05, 3.63) is 0 Å². The summed E-state index contributed by atoms with van der Waals surface area (Å²) >= 11 is 0. The minimum Gasteiger partial charge on any atom is -0.248 e. The average molecular weight is 782 g/mol. The largest absolute Gasteiger partial charge is 0.525 e.